The lowest BCUT2D eigenvalue weighted by Crippen LogP contribution is -2.20. The highest BCUT2D eigenvalue weighted by Crippen LogP contribution is 2.34. The summed E-state index contributed by atoms with van der Waals surface area (Å²) in [7, 11) is 3.13. The maximum absolute atomic E-state index is 12.4. The zero-order valence-electron chi connectivity index (χ0n) is 18.2. The van der Waals surface area contributed by atoms with Crippen LogP contribution in [0.1, 0.15) is 67.8 Å². The lowest BCUT2D eigenvalue weighted by molar-refractivity contribution is 0.0959. The first-order valence-corrected chi connectivity index (χ1v) is 9.81. The monoisotopic (exact) mass is 384 g/mol. The molecule has 0 spiro atoms. The highest BCUT2D eigenvalue weighted by atomic mass is 16.5. The minimum atomic E-state index is -0.229. The van der Waals surface area contributed by atoms with Gasteiger partial charge in [-0.15, -0.1) is 0 Å². The smallest absolute Gasteiger partial charge is 0.256 e. The van der Waals surface area contributed by atoms with Crippen LogP contribution in [-0.2, 0) is 6.42 Å². The van der Waals surface area contributed by atoms with Crippen molar-refractivity contribution in [1.29, 1.82) is 0 Å². The van der Waals surface area contributed by atoms with Gasteiger partial charge < -0.3 is 15.4 Å². The van der Waals surface area contributed by atoms with E-state index < -0.39 is 0 Å². The van der Waals surface area contributed by atoms with Crippen LogP contribution in [0.15, 0.2) is 12.1 Å². The van der Waals surface area contributed by atoms with Crippen molar-refractivity contribution in [2.45, 2.75) is 59.9 Å². The van der Waals surface area contributed by atoms with Gasteiger partial charge in [0.15, 0.2) is 0 Å². The van der Waals surface area contributed by atoms with E-state index in [4.69, 9.17) is 9.72 Å². The molecule has 0 aliphatic carbocycles. The molecule has 0 saturated carbocycles. The Bertz CT molecular complexity index is 860. The summed E-state index contributed by atoms with van der Waals surface area (Å²) in [5, 5.41) is 6.16. The number of methoxy groups -OCH3 is 1. The third-order valence-electron chi connectivity index (χ3n) is 4.56. The number of rotatable bonds is 7. The van der Waals surface area contributed by atoms with Crippen LogP contribution in [0, 0.1) is 6.92 Å². The van der Waals surface area contributed by atoms with E-state index in [0.717, 1.165) is 33.9 Å². The topological polar surface area (TPSA) is 76.1 Å². The molecule has 2 aromatic heterocycles. The molecular weight excluding hydrogens is 352 g/mol. The maximum Gasteiger partial charge on any atom is 0.256 e. The molecule has 2 rings (SSSR count). The summed E-state index contributed by atoms with van der Waals surface area (Å²) >= 11 is 0. The number of aromatic nitrogens is 2. The third kappa shape index (κ3) is 4.43. The van der Waals surface area contributed by atoms with Gasteiger partial charge in [0.1, 0.15) is 5.56 Å². The van der Waals surface area contributed by atoms with Crippen LogP contribution < -0.4 is 15.4 Å². The number of hydrogen-bond donors (Lipinski definition) is 2. The average molecular weight is 385 g/mol. The van der Waals surface area contributed by atoms with Gasteiger partial charge >= 0.3 is 0 Å². The second-order valence-electron chi connectivity index (χ2n) is 7.51. The van der Waals surface area contributed by atoms with Crippen molar-refractivity contribution in [2.24, 2.45) is 0 Å². The van der Waals surface area contributed by atoms with Gasteiger partial charge in [-0.25, -0.2) is 4.98 Å². The lowest BCUT2D eigenvalue weighted by Gasteiger charge is -2.20. The molecule has 0 atom stereocenters. The fraction of sp³-hybridized carbons (Fsp3) is 0.500. The van der Waals surface area contributed by atoms with Crippen LogP contribution in [0.5, 0.6) is 5.88 Å². The molecule has 6 heteroatoms. The molecule has 2 heterocycles. The molecule has 152 valence electrons. The Labute approximate surface area is 168 Å². The molecule has 0 unspecified atom stereocenters. The molecule has 0 fully saturated rings. The summed E-state index contributed by atoms with van der Waals surface area (Å²) in [6.07, 6.45) is 0.712. The normalized spacial score (nSPS) is 11.1. The summed E-state index contributed by atoms with van der Waals surface area (Å²) in [5.74, 6) is 0.364. The molecule has 0 aromatic carbocycles. The highest BCUT2D eigenvalue weighted by Gasteiger charge is 2.21. The standard InChI is InChI=1S/C22H32N4O2/c1-9-17-15(11-16(21(27)23-7)22(25-17)28-8)20-14(6)10-18(24-13(4)5)19(26-20)12(2)3/h10-13,24H,9H2,1-8H3,(H,23,27). The second-order valence-corrected chi connectivity index (χ2v) is 7.51. The Kier molecular flexibility index (Phi) is 7.00. The number of anilines is 1. The molecule has 28 heavy (non-hydrogen) atoms. The summed E-state index contributed by atoms with van der Waals surface area (Å²) < 4.78 is 5.35. The van der Waals surface area contributed by atoms with Crippen LogP contribution in [0.4, 0.5) is 5.69 Å². The Balaban J connectivity index is 2.75. The number of amides is 1. The van der Waals surface area contributed by atoms with E-state index in [-0.39, 0.29) is 11.8 Å². The minimum absolute atomic E-state index is 0.229. The average Bonchev–Trinajstić information content (AvgIpc) is 2.65. The summed E-state index contributed by atoms with van der Waals surface area (Å²) in [6.45, 7) is 12.6. The molecule has 2 N–H and O–H groups in total. The van der Waals surface area contributed by atoms with Gasteiger partial charge in [-0.1, -0.05) is 20.8 Å². The Morgan fingerprint density at radius 2 is 1.86 bits per heavy atom. The molecule has 0 aliphatic rings. The minimum Gasteiger partial charge on any atom is -0.480 e. The first-order valence-electron chi connectivity index (χ1n) is 9.81. The quantitative estimate of drug-likeness (QED) is 0.743. The van der Waals surface area contributed by atoms with Crippen LogP contribution in [0.2, 0.25) is 0 Å². The number of nitrogens with one attached hydrogen (secondary N) is 2. The van der Waals surface area contributed by atoms with Crippen LogP contribution in [0.3, 0.4) is 0 Å². The molecule has 0 bridgehead atoms. The number of carbonyl (C=O) groups is 1. The number of pyridine rings is 2. The van der Waals surface area contributed by atoms with Crippen molar-refractivity contribution in [3.05, 3.63) is 34.6 Å². The number of aryl methyl sites for hydroxylation is 2. The van der Waals surface area contributed by atoms with Gasteiger partial charge in [0.05, 0.1) is 29.9 Å². The molecule has 0 aliphatic heterocycles. The number of nitrogens with zero attached hydrogens (tertiary/aromatic N) is 2. The highest BCUT2D eigenvalue weighted by molar-refractivity contribution is 5.97. The summed E-state index contributed by atoms with van der Waals surface area (Å²) in [4.78, 5) is 22.0. The van der Waals surface area contributed by atoms with Gasteiger partial charge in [0.2, 0.25) is 5.88 Å². The third-order valence-corrected chi connectivity index (χ3v) is 4.56. The predicted octanol–water partition coefficient (Wildman–Crippen LogP) is 4.33. The lowest BCUT2D eigenvalue weighted by atomic mass is 9.98. The van der Waals surface area contributed by atoms with Crippen molar-refractivity contribution >= 4 is 11.6 Å². The van der Waals surface area contributed by atoms with Crippen molar-refractivity contribution in [1.82, 2.24) is 15.3 Å². The number of carbonyl (C=O) groups excluding carboxylic acids is 1. The van der Waals surface area contributed by atoms with E-state index >= 15 is 0 Å². The fourth-order valence-electron chi connectivity index (χ4n) is 3.23. The molecule has 6 nitrogen and oxygen atoms in total. The van der Waals surface area contributed by atoms with E-state index in [0.29, 0.717) is 23.9 Å². The Morgan fingerprint density at radius 3 is 2.36 bits per heavy atom. The van der Waals surface area contributed by atoms with Gasteiger partial charge in [0, 0.05) is 18.7 Å². The van der Waals surface area contributed by atoms with Crippen LogP contribution in [0.25, 0.3) is 11.3 Å². The summed E-state index contributed by atoms with van der Waals surface area (Å²) in [6, 6.07) is 4.30. The van der Waals surface area contributed by atoms with E-state index in [1.54, 1.807) is 7.05 Å². The van der Waals surface area contributed by atoms with Gasteiger partial charge in [-0.3, -0.25) is 9.78 Å². The second kappa shape index (κ2) is 9.04. The number of ether oxygens (including phenoxy) is 1. The van der Waals surface area contributed by atoms with E-state index in [2.05, 4.69) is 49.4 Å². The van der Waals surface area contributed by atoms with Crippen molar-refractivity contribution in [3.8, 4) is 17.1 Å². The van der Waals surface area contributed by atoms with Crippen LogP contribution in [-0.4, -0.2) is 36.1 Å². The van der Waals surface area contributed by atoms with E-state index in [9.17, 15) is 4.79 Å². The zero-order chi connectivity index (χ0) is 21.0. The predicted molar refractivity (Wildman–Crippen MR) is 114 cm³/mol. The first kappa shape index (κ1) is 21.7. The Hall–Kier alpha value is -2.63. The SMILES string of the molecule is CCc1nc(OC)c(C(=O)NC)cc1-c1nc(C(C)C)c(NC(C)C)cc1C. The first-order chi connectivity index (χ1) is 13.2. The fourth-order valence-corrected chi connectivity index (χ4v) is 3.23. The van der Waals surface area contributed by atoms with E-state index in [1.165, 1.54) is 7.11 Å². The molecule has 1 amide bonds. The van der Waals surface area contributed by atoms with Gasteiger partial charge in [-0.2, -0.15) is 0 Å². The molecular formula is C22H32N4O2. The van der Waals surface area contributed by atoms with Crippen LogP contribution >= 0.6 is 0 Å². The Morgan fingerprint density at radius 1 is 1.18 bits per heavy atom. The van der Waals surface area contributed by atoms with Crippen molar-refractivity contribution in [2.75, 3.05) is 19.5 Å². The number of hydrogen-bond acceptors (Lipinski definition) is 5. The zero-order valence-corrected chi connectivity index (χ0v) is 18.2. The van der Waals surface area contributed by atoms with E-state index in [1.807, 2.05) is 19.9 Å². The van der Waals surface area contributed by atoms with Crippen molar-refractivity contribution < 1.29 is 9.53 Å². The van der Waals surface area contributed by atoms with Gasteiger partial charge in [0.25, 0.3) is 5.91 Å². The maximum atomic E-state index is 12.4. The van der Waals surface area contributed by atoms with Crippen molar-refractivity contribution in [3.63, 3.8) is 0 Å². The molecule has 0 saturated heterocycles. The largest absolute Gasteiger partial charge is 0.480 e. The molecule has 2 aromatic rings. The molecule has 0 radical (unpaired) electrons. The van der Waals surface area contributed by atoms with Gasteiger partial charge in [-0.05, 0) is 50.8 Å². The summed E-state index contributed by atoms with van der Waals surface area (Å²) in [5.41, 5.74) is 6.10.